The first-order chi connectivity index (χ1) is 12.8. The molecule has 1 aromatic carbocycles. The summed E-state index contributed by atoms with van der Waals surface area (Å²) in [4.78, 5) is 3.89. The van der Waals surface area contributed by atoms with Crippen LogP contribution in [0.5, 0.6) is 0 Å². The lowest BCUT2D eigenvalue weighted by molar-refractivity contribution is 0.143. The van der Waals surface area contributed by atoms with Crippen molar-refractivity contribution in [1.82, 2.24) is 25.1 Å². The van der Waals surface area contributed by atoms with Gasteiger partial charge in [-0.3, -0.25) is 4.90 Å². The molecule has 5 nitrogen and oxygen atoms in total. The lowest BCUT2D eigenvalue weighted by Crippen LogP contribution is -2.38. The number of thiophene rings is 1. The van der Waals surface area contributed by atoms with E-state index in [4.69, 9.17) is 0 Å². The van der Waals surface area contributed by atoms with E-state index in [0.717, 1.165) is 37.8 Å². The third-order valence-electron chi connectivity index (χ3n) is 5.13. The second-order valence-electron chi connectivity index (χ2n) is 7.16. The molecule has 6 heteroatoms. The molecule has 136 valence electrons. The van der Waals surface area contributed by atoms with Gasteiger partial charge >= 0.3 is 0 Å². The van der Waals surface area contributed by atoms with E-state index in [9.17, 15) is 0 Å². The molecule has 0 bridgehead atoms. The number of nitrogens with zero attached hydrogens (tertiary/aromatic N) is 5. The Morgan fingerprint density at radius 2 is 2.08 bits per heavy atom. The van der Waals surface area contributed by atoms with E-state index in [0.29, 0.717) is 0 Å². The molecule has 0 saturated carbocycles. The fourth-order valence-corrected chi connectivity index (χ4v) is 4.68. The van der Waals surface area contributed by atoms with E-state index >= 15 is 0 Å². The second-order valence-corrected chi connectivity index (χ2v) is 8.14. The van der Waals surface area contributed by atoms with Crippen molar-refractivity contribution in [1.29, 1.82) is 0 Å². The average molecular weight is 368 g/mol. The van der Waals surface area contributed by atoms with Crippen LogP contribution in [0, 0.1) is 5.92 Å². The summed E-state index contributed by atoms with van der Waals surface area (Å²) in [5.41, 5.74) is 1.31. The number of aryl methyl sites for hydroxylation is 2. The number of likely N-dealkylation sites (tertiary alicyclic amines) is 1. The van der Waals surface area contributed by atoms with Gasteiger partial charge in [-0.15, -0.1) is 16.4 Å². The van der Waals surface area contributed by atoms with Crippen LogP contribution >= 0.6 is 11.3 Å². The summed E-state index contributed by atoms with van der Waals surface area (Å²) < 4.78 is 2.00. The zero-order chi connectivity index (χ0) is 17.8. The summed E-state index contributed by atoms with van der Waals surface area (Å²) in [5.74, 6) is 1.69. The summed E-state index contributed by atoms with van der Waals surface area (Å²) in [6.07, 6.45) is 3.49. The van der Waals surface area contributed by atoms with E-state index in [1.165, 1.54) is 23.3 Å². The van der Waals surface area contributed by atoms with Gasteiger partial charge in [0.25, 0.3) is 0 Å². The van der Waals surface area contributed by atoms with E-state index in [1.54, 1.807) is 11.3 Å². The summed E-state index contributed by atoms with van der Waals surface area (Å²) >= 11 is 1.80. The average Bonchev–Trinajstić information content (AvgIpc) is 3.34. The Bertz CT molecular complexity index is 799. The largest absolute Gasteiger partial charge is 0.289 e. The minimum absolute atomic E-state index is 0.156. The van der Waals surface area contributed by atoms with Crippen LogP contribution in [0.15, 0.2) is 47.8 Å². The van der Waals surface area contributed by atoms with Crippen molar-refractivity contribution in [2.75, 3.05) is 13.1 Å². The maximum atomic E-state index is 4.45. The van der Waals surface area contributed by atoms with Crippen LogP contribution in [-0.4, -0.2) is 38.2 Å². The zero-order valence-electron chi connectivity index (χ0n) is 15.2. The third-order valence-corrected chi connectivity index (χ3v) is 6.05. The summed E-state index contributed by atoms with van der Waals surface area (Å²) in [6.45, 7) is 5.36. The summed E-state index contributed by atoms with van der Waals surface area (Å²) in [7, 11) is 0. The lowest BCUT2D eigenvalue weighted by atomic mass is 9.98. The Balaban J connectivity index is 1.59. The van der Waals surface area contributed by atoms with E-state index < -0.39 is 0 Å². The fourth-order valence-electron chi connectivity index (χ4n) is 3.82. The highest BCUT2D eigenvalue weighted by Gasteiger charge is 2.31. The Labute approximate surface area is 158 Å². The van der Waals surface area contributed by atoms with Crippen LogP contribution in [0.25, 0.3) is 0 Å². The van der Waals surface area contributed by atoms with Gasteiger partial charge in [-0.1, -0.05) is 43.3 Å². The van der Waals surface area contributed by atoms with Crippen LogP contribution in [-0.2, 0) is 13.0 Å². The monoisotopic (exact) mass is 367 g/mol. The topological polar surface area (TPSA) is 46.8 Å². The Hall–Kier alpha value is -2.05. The molecule has 2 unspecified atom stereocenters. The molecule has 0 spiro atoms. The molecule has 0 amide bonds. The Kier molecular flexibility index (Phi) is 5.41. The summed E-state index contributed by atoms with van der Waals surface area (Å²) in [5, 5.41) is 14.9. The predicted molar refractivity (Wildman–Crippen MR) is 104 cm³/mol. The van der Waals surface area contributed by atoms with Crippen molar-refractivity contribution in [2.24, 2.45) is 5.92 Å². The molecule has 0 aliphatic carbocycles. The Morgan fingerprint density at radius 1 is 1.19 bits per heavy atom. The second kappa shape index (κ2) is 8.10. The molecular weight excluding hydrogens is 342 g/mol. The molecule has 0 N–H and O–H groups in total. The first-order valence-electron chi connectivity index (χ1n) is 9.38. The molecule has 1 aliphatic heterocycles. The van der Waals surface area contributed by atoms with E-state index in [-0.39, 0.29) is 6.04 Å². The minimum atomic E-state index is 0.156. The molecule has 4 rings (SSSR count). The van der Waals surface area contributed by atoms with Crippen LogP contribution in [0.2, 0.25) is 0 Å². The molecule has 0 radical (unpaired) electrons. The van der Waals surface area contributed by atoms with Crippen molar-refractivity contribution in [3.05, 3.63) is 64.1 Å². The molecule has 1 fully saturated rings. The molecule has 26 heavy (non-hydrogen) atoms. The van der Waals surface area contributed by atoms with Crippen molar-refractivity contribution >= 4 is 11.3 Å². The summed E-state index contributed by atoms with van der Waals surface area (Å²) in [6, 6.07) is 15.0. The quantitative estimate of drug-likeness (QED) is 0.665. The predicted octanol–water partition coefficient (Wildman–Crippen LogP) is 3.80. The number of tetrazole rings is 1. The van der Waals surface area contributed by atoms with Crippen molar-refractivity contribution in [3.63, 3.8) is 0 Å². The first-order valence-corrected chi connectivity index (χ1v) is 10.3. The third kappa shape index (κ3) is 3.86. The van der Waals surface area contributed by atoms with Crippen molar-refractivity contribution in [3.8, 4) is 0 Å². The van der Waals surface area contributed by atoms with Gasteiger partial charge in [-0.05, 0) is 59.2 Å². The van der Waals surface area contributed by atoms with Gasteiger partial charge < -0.3 is 0 Å². The van der Waals surface area contributed by atoms with Crippen molar-refractivity contribution in [2.45, 2.75) is 38.8 Å². The van der Waals surface area contributed by atoms with E-state index in [2.05, 4.69) is 75.2 Å². The maximum Gasteiger partial charge on any atom is 0.173 e. The van der Waals surface area contributed by atoms with Crippen LogP contribution < -0.4 is 0 Å². The standard InChI is InChI=1S/C20H25N5S/c1-16-7-5-12-24(15-16)19(18-10-6-14-26-18)20-21-22-23-25(20)13-11-17-8-3-2-4-9-17/h2-4,6,8-10,14,16,19H,5,7,11-13,15H2,1H3. The highest BCUT2D eigenvalue weighted by atomic mass is 32.1. The maximum absolute atomic E-state index is 4.45. The van der Waals surface area contributed by atoms with Gasteiger partial charge in [0, 0.05) is 18.0 Å². The number of piperidine rings is 1. The van der Waals surface area contributed by atoms with Gasteiger partial charge in [0.05, 0.1) is 0 Å². The first kappa shape index (κ1) is 17.4. The van der Waals surface area contributed by atoms with Gasteiger partial charge in [0.1, 0.15) is 6.04 Å². The Morgan fingerprint density at radius 3 is 2.85 bits per heavy atom. The van der Waals surface area contributed by atoms with Crippen LogP contribution in [0.3, 0.4) is 0 Å². The highest BCUT2D eigenvalue weighted by molar-refractivity contribution is 7.10. The number of aromatic nitrogens is 4. The number of hydrogen-bond acceptors (Lipinski definition) is 5. The number of benzene rings is 1. The van der Waals surface area contributed by atoms with Gasteiger partial charge in [-0.25, -0.2) is 4.68 Å². The molecule has 2 atom stereocenters. The van der Waals surface area contributed by atoms with Gasteiger partial charge in [0.2, 0.25) is 0 Å². The van der Waals surface area contributed by atoms with Gasteiger partial charge in [0.15, 0.2) is 5.82 Å². The normalized spacial score (nSPS) is 19.5. The zero-order valence-corrected chi connectivity index (χ0v) is 16.0. The van der Waals surface area contributed by atoms with Crippen LogP contribution in [0.4, 0.5) is 0 Å². The number of hydrogen-bond donors (Lipinski definition) is 0. The van der Waals surface area contributed by atoms with Gasteiger partial charge in [-0.2, -0.15) is 0 Å². The van der Waals surface area contributed by atoms with Crippen LogP contribution in [0.1, 0.15) is 42.1 Å². The smallest absolute Gasteiger partial charge is 0.173 e. The molecule has 3 aromatic rings. The number of rotatable bonds is 6. The lowest BCUT2D eigenvalue weighted by Gasteiger charge is -2.36. The SMILES string of the molecule is CC1CCCN(C(c2cccs2)c2nnnn2CCc2ccccc2)C1. The highest BCUT2D eigenvalue weighted by Crippen LogP contribution is 2.33. The van der Waals surface area contributed by atoms with Crippen molar-refractivity contribution < 1.29 is 0 Å². The van der Waals surface area contributed by atoms with E-state index in [1.807, 2.05) is 4.68 Å². The fraction of sp³-hybridized carbons (Fsp3) is 0.450. The molecule has 1 saturated heterocycles. The molecule has 1 aliphatic rings. The molecule has 3 heterocycles. The molecule has 2 aromatic heterocycles. The molecular formula is C20H25N5S. The minimum Gasteiger partial charge on any atom is -0.289 e.